The zero-order chi connectivity index (χ0) is 11.1. The van der Waals surface area contributed by atoms with Gasteiger partial charge in [-0.15, -0.1) is 11.6 Å². The molecule has 1 aromatic carbocycles. The molecular formula is C14H21Cl. The van der Waals surface area contributed by atoms with Crippen LogP contribution in [0, 0.1) is 5.92 Å². The fourth-order valence-corrected chi connectivity index (χ4v) is 1.80. The van der Waals surface area contributed by atoms with Crippen molar-refractivity contribution in [2.75, 3.05) is 0 Å². The fraction of sp³-hybridized carbons (Fsp3) is 0.571. The van der Waals surface area contributed by atoms with Gasteiger partial charge in [0.15, 0.2) is 0 Å². The molecule has 0 N–H and O–H groups in total. The molecule has 0 aliphatic heterocycles. The first-order valence-electron chi connectivity index (χ1n) is 5.88. The summed E-state index contributed by atoms with van der Waals surface area (Å²) in [6, 6.07) is 10.7. The molecule has 1 heteroatoms. The summed E-state index contributed by atoms with van der Waals surface area (Å²) in [6.45, 7) is 4.38. The standard InChI is InChI=1S/C14H21Cl/c1-12(2)14(15)11-7-6-10-13-8-4-3-5-9-13/h3-5,8-9,12,14H,6-7,10-11H2,1-2H3. The van der Waals surface area contributed by atoms with E-state index >= 15 is 0 Å². The minimum atomic E-state index is 0.348. The fourth-order valence-electron chi connectivity index (χ4n) is 1.65. The third kappa shape index (κ3) is 5.22. The van der Waals surface area contributed by atoms with Crippen LogP contribution in [-0.4, -0.2) is 5.38 Å². The Morgan fingerprint density at radius 2 is 1.73 bits per heavy atom. The second kappa shape index (κ2) is 6.90. The molecule has 0 amide bonds. The number of rotatable bonds is 6. The van der Waals surface area contributed by atoms with Crippen LogP contribution in [0.25, 0.3) is 0 Å². The smallest absolute Gasteiger partial charge is 0.0359 e. The topological polar surface area (TPSA) is 0 Å². The highest BCUT2D eigenvalue weighted by Crippen LogP contribution is 2.17. The molecule has 0 spiro atoms. The van der Waals surface area contributed by atoms with Crippen molar-refractivity contribution in [2.45, 2.75) is 44.9 Å². The summed E-state index contributed by atoms with van der Waals surface area (Å²) in [7, 11) is 0. The summed E-state index contributed by atoms with van der Waals surface area (Å²) in [5, 5.41) is 0.348. The lowest BCUT2D eigenvalue weighted by molar-refractivity contribution is 0.536. The molecule has 0 nitrogen and oxygen atoms in total. The van der Waals surface area contributed by atoms with E-state index < -0.39 is 0 Å². The van der Waals surface area contributed by atoms with E-state index in [1.54, 1.807) is 0 Å². The Kier molecular flexibility index (Phi) is 5.78. The molecule has 0 aliphatic carbocycles. The highest BCUT2D eigenvalue weighted by molar-refractivity contribution is 6.20. The molecule has 15 heavy (non-hydrogen) atoms. The minimum absolute atomic E-state index is 0.348. The summed E-state index contributed by atoms with van der Waals surface area (Å²) < 4.78 is 0. The largest absolute Gasteiger partial charge is 0.123 e. The molecule has 1 atom stereocenters. The maximum atomic E-state index is 6.20. The normalized spacial score (nSPS) is 13.1. The van der Waals surface area contributed by atoms with Gasteiger partial charge in [0.2, 0.25) is 0 Å². The lowest BCUT2D eigenvalue weighted by Crippen LogP contribution is -2.07. The van der Waals surface area contributed by atoms with Crippen LogP contribution < -0.4 is 0 Å². The van der Waals surface area contributed by atoms with Crippen LogP contribution in [0.3, 0.4) is 0 Å². The maximum absolute atomic E-state index is 6.20. The summed E-state index contributed by atoms with van der Waals surface area (Å²) in [4.78, 5) is 0. The Balaban J connectivity index is 2.12. The van der Waals surface area contributed by atoms with Crippen LogP contribution in [0.4, 0.5) is 0 Å². The molecule has 1 rings (SSSR count). The lowest BCUT2D eigenvalue weighted by Gasteiger charge is -2.12. The predicted molar refractivity (Wildman–Crippen MR) is 68.5 cm³/mol. The van der Waals surface area contributed by atoms with E-state index in [9.17, 15) is 0 Å². The van der Waals surface area contributed by atoms with Gasteiger partial charge in [-0.25, -0.2) is 0 Å². The Bertz CT molecular complexity index is 253. The van der Waals surface area contributed by atoms with E-state index in [2.05, 4.69) is 44.2 Å². The molecule has 0 bridgehead atoms. The second-order valence-electron chi connectivity index (χ2n) is 4.49. The molecule has 0 aromatic heterocycles. The van der Waals surface area contributed by atoms with Crippen molar-refractivity contribution in [1.82, 2.24) is 0 Å². The molecule has 0 heterocycles. The Morgan fingerprint density at radius 3 is 2.33 bits per heavy atom. The van der Waals surface area contributed by atoms with E-state index in [4.69, 9.17) is 11.6 Å². The average Bonchev–Trinajstić information content (AvgIpc) is 2.25. The van der Waals surface area contributed by atoms with Gasteiger partial charge in [-0.05, 0) is 30.7 Å². The van der Waals surface area contributed by atoms with Gasteiger partial charge in [-0.1, -0.05) is 50.6 Å². The Labute approximate surface area is 98.7 Å². The lowest BCUT2D eigenvalue weighted by atomic mass is 10.0. The monoisotopic (exact) mass is 224 g/mol. The third-order valence-electron chi connectivity index (χ3n) is 2.76. The van der Waals surface area contributed by atoms with Crippen LogP contribution in [0.1, 0.15) is 38.7 Å². The van der Waals surface area contributed by atoms with E-state index in [1.165, 1.54) is 24.8 Å². The summed E-state index contributed by atoms with van der Waals surface area (Å²) >= 11 is 6.20. The molecule has 1 unspecified atom stereocenters. The van der Waals surface area contributed by atoms with Gasteiger partial charge in [0.05, 0.1) is 0 Å². The van der Waals surface area contributed by atoms with Crippen molar-refractivity contribution in [3.05, 3.63) is 35.9 Å². The number of unbranched alkanes of at least 4 members (excludes halogenated alkanes) is 1. The molecule has 84 valence electrons. The van der Waals surface area contributed by atoms with Crippen LogP contribution in [0.2, 0.25) is 0 Å². The van der Waals surface area contributed by atoms with Crippen molar-refractivity contribution in [3.8, 4) is 0 Å². The Morgan fingerprint density at radius 1 is 1.07 bits per heavy atom. The average molecular weight is 225 g/mol. The van der Waals surface area contributed by atoms with Crippen molar-refractivity contribution < 1.29 is 0 Å². The molecule has 1 aromatic rings. The summed E-state index contributed by atoms with van der Waals surface area (Å²) in [5.41, 5.74) is 1.44. The van der Waals surface area contributed by atoms with Gasteiger partial charge >= 0.3 is 0 Å². The number of hydrogen-bond donors (Lipinski definition) is 0. The first-order chi connectivity index (χ1) is 7.20. The van der Waals surface area contributed by atoms with Crippen molar-refractivity contribution in [2.24, 2.45) is 5.92 Å². The van der Waals surface area contributed by atoms with Crippen LogP contribution >= 0.6 is 11.6 Å². The zero-order valence-electron chi connectivity index (χ0n) is 9.75. The first-order valence-corrected chi connectivity index (χ1v) is 6.32. The number of hydrogen-bond acceptors (Lipinski definition) is 0. The maximum Gasteiger partial charge on any atom is 0.0359 e. The Hall–Kier alpha value is -0.490. The number of aryl methyl sites for hydroxylation is 1. The minimum Gasteiger partial charge on any atom is -0.123 e. The highest BCUT2D eigenvalue weighted by Gasteiger charge is 2.08. The molecule has 0 radical (unpaired) electrons. The van der Waals surface area contributed by atoms with Crippen molar-refractivity contribution >= 4 is 11.6 Å². The molecular weight excluding hydrogens is 204 g/mol. The van der Waals surface area contributed by atoms with Gasteiger partial charge in [-0.2, -0.15) is 0 Å². The highest BCUT2D eigenvalue weighted by atomic mass is 35.5. The SMILES string of the molecule is CC(C)C(Cl)CCCCc1ccccc1. The van der Waals surface area contributed by atoms with Gasteiger partial charge in [0.25, 0.3) is 0 Å². The van der Waals surface area contributed by atoms with E-state index in [0.29, 0.717) is 11.3 Å². The van der Waals surface area contributed by atoms with Gasteiger partial charge in [0.1, 0.15) is 0 Å². The molecule has 0 fully saturated rings. The van der Waals surface area contributed by atoms with E-state index in [-0.39, 0.29) is 0 Å². The van der Waals surface area contributed by atoms with Gasteiger partial charge < -0.3 is 0 Å². The number of alkyl halides is 1. The molecule has 0 saturated heterocycles. The zero-order valence-corrected chi connectivity index (χ0v) is 10.5. The number of halogens is 1. The number of benzene rings is 1. The van der Waals surface area contributed by atoms with Gasteiger partial charge in [-0.3, -0.25) is 0 Å². The third-order valence-corrected chi connectivity index (χ3v) is 3.48. The second-order valence-corrected chi connectivity index (χ2v) is 5.05. The summed E-state index contributed by atoms with van der Waals surface area (Å²) in [6.07, 6.45) is 4.82. The first kappa shape index (κ1) is 12.6. The van der Waals surface area contributed by atoms with Gasteiger partial charge in [0, 0.05) is 5.38 Å². The van der Waals surface area contributed by atoms with Crippen LogP contribution in [0.15, 0.2) is 30.3 Å². The van der Waals surface area contributed by atoms with E-state index in [1.807, 2.05) is 0 Å². The van der Waals surface area contributed by atoms with Crippen molar-refractivity contribution in [3.63, 3.8) is 0 Å². The predicted octanol–water partition coefficient (Wildman–Crippen LogP) is 4.66. The molecule has 0 saturated carbocycles. The quantitative estimate of drug-likeness (QED) is 0.487. The van der Waals surface area contributed by atoms with E-state index in [0.717, 1.165) is 6.42 Å². The molecule has 0 aliphatic rings. The van der Waals surface area contributed by atoms with Crippen molar-refractivity contribution in [1.29, 1.82) is 0 Å². The van der Waals surface area contributed by atoms with Crippen LogP contribution in [0.5, 0.6) is 0 Å². The summed E-state index contributed by atoms with van der Waals surface area (Å²) in [5.74, 6) is 0.600. The van der Waals surface area contributed by atoms with Crippen LogP contribution in [-0.2, 0) is 6.42 Å².